The molecule has 0 aliphatic carbocycles. The van der Waals surface area contributed by atoms with Gasteiger partial charge >= 0.3 is 5.97 Å². The van der Waals surface area contributed by atoms with E-state index < -0.39 is 18.2 Å². The predicted molar refractivity (Wildman–Crippen MR) is 259 cm³/mol. The molecule has 0 aromatic carbocycles. The molecule has 0 aromatic rings. The third-order valence-corrected chi connectivity index (χ3v) is 11.4. The van der Waals surface area contributed by atoms with Gasteiger partial charge in [-0.2, -0.15) is 0 Å². The topological polar surface area (TPSA) is 95.9 Å². The normalized spacial score (nSPS) is 13.8. The first-order chi connectivity index (χ1) is 29.5. The van der Waals surface area contributed by atoms with Gasteiger partial charge in [-0.15, -0.1) is 0 Å². The first-order valence-electron chi connectivity index (χ1n) is 25.6. The number of amides is 1. The maximum atomic E-state index is 13.2. The van der Waals surface area contributed by atoms with Crippen LogP contribution in [0.15, 0.2) is 60.8 Å². The molecule has 3 N–H and O–H groups in total. The molecule has 348 valence electrons. The fourth-order valence-corrected chi connectivity index (χ4v) is 7.55. The Morgan fingerprint density at radius 3 is 1.43 bits per heavy atom. The van der Waals surface area contributed by atoms with Crippen molar-refractivity contribution in [3.63, 3.8) is 0 Å². The van der Waals surface area contributed by atoms with Crippen LogP contribution < -0.4 is 5.32 Å². The average molecular weight is 840 g/mol. The van der Waals surface area contributed by atoms with Gasteiger partial charge in [-0.25, -0.2) is 0 Å². The number of ether oxygens (including phenoxy) is 1. The summed E-state index contributed by atoms with van der Waals surface area (Å²) in [6, 6.07) is -0.715. The fraction of sp³-hybridized carbons (Fsp3) is 0.778. The van der Waals surface area contributed by atoms with Crippen molar-refractivity contribution < 1.29 is 24.5 Å². The minimum atomic E-state index is -0.799. The van der Waals surface area contributed by atoms with Gasteiger partial charge in [-0.1, -0.05) is 223 Å². The third-order valence-electron chi connectivity index (χ3n) is 11.4. The largest absolute Gasteiger partial charge is 0.462 e. The highest BCUT2D eigenvalue weighted by Crippen LogP contribution is 2.17. The number of hydrogen-bond donors (Lipinski definition) is 3. The zero-order valence-corrected chi connectivity index (χ0v) is 39.6. The molecule has 1 amide bonds. The van der Waals surface area contributed by atoms with E-state index in [1.165, 1.54) is 116 Å². The predicted octanol–water partition coefficient (Wildman–Crippen LogP) is 15.2. The summed E-state index contributed by atoms with van der Waals surface area (Å²) in [5, 5.41) is 23.7. The van der Waals surface area contributed by atoms with Gasteiger partial charge in [0.15, 0.2) is 0 Å². The second kappa shape index (κ2) is 47.6. The summed E-state index contributed by atoms with van der Waals surface area (Å²) in [5.74, 6) is -0.533. The van der Waals surface area contributed by atoms with Gasteiger partial charge in [0.25, 0.3) is 0 Å². The van der Waals surface area contributed by atoms with Crippen molar-refractivity contribution in [1.29, 1.82) is 0 Å². The number of rotatable bonds is 45. The number of esters is 1. The Morgan fingerprint density at radius 1 is 0.500 bits per heavy atom. The molecule has 0 saturated carbocycles. The smallest absolute Gasteiger partial charge is 0.306 e. The van der Waals surface area contributed by atoms with Crippen LogP contribution in [0, 0.1) is 0 Å². The van der Waals surface area contributed by atoms with Crippen LogP contribution in [-0.4, -0.2) is 46.9 Å². The Labute approximate surface area is 371 Å². The van der Waals surface area contributed by atoms with E-state index in [4.69, 9.17) is 4.74 Å². The molecule has 0 rings (SSSR count). The lowest BCUT2D eigenvalue weighted by Gasteiger charge is -2.24. The third kappa shape index (κ3) is 42.3. The molecule has 0 heterocycles. The molecule has 0 saturated heterocycles. The lowest BCUT2D eigenvalue weighted by molar-refractivity contribution is -0.151. The van der Waals surface area contributed by atoms with Crippen molar-refractivity contribution in [2.75, 3.05) is 6.61 Å². The Kier molecular flexibility index (Phi) is 45.7. The zero-order valence-electron chi connectivity index (χ0n) is 39.6. The first kappa shape index (κ1) is 57.6. The summed E-state index contributed by atoms with van der Waals surface area (Å²) in [6.45, 7) is 6.33. The van der Waals surface area contributed by atoms with Gasteiger partial charge in [-0.05, 0) is 70.6 Å². The monoisotopic (exact) mass is 840 g/mol. The van der Waals surface area contributed by atoms with Gasteiger partial charge in [0.2, 0.25) is 5.91 Å². The van der Waals surface area contributed by atoms with Gasteiger partial charge < -0.3 is 20.3 Å². The molecule has 3 unspecified atom stereocenters. The van der Waals surface area contributed by atoms with Crippen LogP contribution in [0.4, 0.5) is 0 Å². The molecule has 0 radical (unpaired) electrons. The molecule has 0 spiro atoms. The van der Waals surface area contributed by atoms with E-state index in [9.17, 15) is 19.8 Å². The molecule has 0 bridgehead atoms. The highest BCUT2D eigenvalue weighted by Gasteiger charge is 2.24. The van der Waals surface area contributed by atoms with Gasteiger partial charge in [-0.3, -0.25) is 9.59 Å². The maximum Gasteiger partial charge on any atom is 0.306 e. The number of nitrogens with one attached hydrogen (secondary N) is 1. The summed E-state index contributed by atoms with van der Waals surface area (Å²) >= 11 is 0. The summed E-state index contributed by atoms with van der Waals surface area (Å²) < 4.78 is 5.90. The van der Waals surface area contributed by atoms with Crippen molar-refractivity contribution in [1.82, 2.24) is 5.32 Å². The highest BCUT2D eigenvalue weighted by molar-refractivity contribution is 5.77. The van der Waals surface area contributed by atoms with Gasteiger partial charge in [0, 0.05) is 6.42 Å². The second-order valence-electron chi connectivity index (χ2n) is 17.3. The number of hydrogen-bond acceptors (Lipinski definition) is 5. The van der Waals surface area contributed by atoms with Gasteiger partial charge in [0.1, 0.15) is 6.10 Å². The molecule has 0 fully saturated rings. The van der Waals surface area contributed by atoms with Crippen molar-refractivity contribution in [3.05, 3.63) is 60.8 Å². The molecular formula is C54H97NO5. The standard InChI is InChI=1S/C54H97NO5/c1-4-7-10-13-16-19-22-25-26-27-29-30-33-36-39-42-45-50(60-54(59)47-44-41-38-35-32-28-23-20-17-14-11-8-5-2)48-53(58)55-51(49-56)52(57)46-43-40-37-34-31-24-21-18-15-12-9-6-3/h8,11,14,17,20,23,28-30,32,50-52,56-57H,4-7,9-10,12-13,15-16,18-19,21-22,24-27,31,33-49H2,1-3H3,(H,55,58)/b11-8+,17-14+,23-20-,30-29+,32-28-. The number of carbonyl (C=O) groups excluding carboxylic acids is 2. The lowest BCUT2D eigenvalue weighted by atomic mass is 10.0. The molecule has 6 heteroatoms. The minimum absolute atomic E-state index is 0.0502. The first-order valence-corrected chi connectivity index (χ1v) is 25.6. The average Bonchev–Trinajstić information content (AvgIpc) is 3.24. The van der Waals surface area contributed by atoms with E-state index in [-0.39, 0.29) is 24.9 Å². The SMILES string of the molecule is CC/C=C/C=C/C=C\C=C/CCCCCC(=O)OC(CCCCC/C=C/CCCCCCCCCCC)CC(=O)NC(CO)C(O)CCCCCCCCCCCCCC. The van der Waals surface area contributed by atoms with Crippen molar-refractivity contribution in [3.8, 4) is 0 Å². The Hall–Kier alpha value is -2.44. The molecule has 0 aliphatic heterocycles. The number of aliphatic hydroxyl groups is 2. The van der Waals surface area contributed by atoms with Crippen molar-refractivity contribution >= 4 is 11.9 Å². The Bertz CT molecular complexity index is 1080. The van der Waals surface area contributed by atoms with Crippen molar-refractivity contribution in [2.24, 2.45) is 0 Å². The minimum Gasteiger partial charge on any atom is -0.462 e. The van der Waals surface area contributed by atoms with Crippen LogP contribution in [0.25, 0.3) is 0 Å². The lowest BCUT2D eigenvalue weighted by Crippen LogP contribution is -2.46. The molecular weight excluding hydrogens is 743 g/mol. The quantitative estimate of drug-likeness (QED) is 0.0246. The summed E-state index contributed by atoms with van der Waals surface area (Å²) in [4.78, 5) is 26.1. The van der Waals surface area contributed by atoms with E-state index in [2.05, 4.69) is 62.5 Å². The summed E-state index contributed by atoms with van der Waals surface area (Å²) in [5.41, 5.74) is 0. The summed E-state index contributed by atoms with van der Waals surface area (Å²) in [7, 11) is 0. The van der Waals surface area contributed by atoms with Crippen LogP contribution >= 0.6 is 0 Å². The van der Waals surface area contributed by atoms with Crippen molar-refractivity contribution in [2.45, 2.75) is 264 Å². The molecule has 0 aromatic heterocycles. The molecule has 3 atom stereocenters. The van der Waals surface area contributed by atoms with Crippen LogP contribution in [0.3, 0.4) is 0 Å². The Balaban J connectivity index is 4.67. The molecule has 6 nitrogen and oxygen atoms in total. The summed E-state index contributed by atoms with van der Waals surface area (Å²) in [6.07, 6.45) is 58.5. The number of unbranched alkanes of at least 4 members (excludes halogenated alkanes) is 26. The Morgan fingerprint density at radius 2 is 0.917 bits per heavy atom. The molecule has 60 heavy (non-hydrogen) atoms. The number of aliphatic hydroxyl groups excluding tert-OH is 2. The van der Waals surface area contributed by atoms with E-state index in [1.807, 2.05) is 24.3 Å². The maximum absolute atomic E-state index is 13.2. The fourth-order valence-electron chi connectivity index (χ4n) is 7.55. The zero-order chi connectivity index (χ0) is 43.8. The second-order valence-corrected chi connectivity index (χ2v) is 17.3. The highest BCUT2D eigenvalue weighted by atomic mass is 16.5. The van der Waals surface area contributed by atoms with Crippen LogP contribution in [0.2, 0.25) is 0 Å². The van der Waals surface area contributed by atoms with E-state index in [1.54, 1.807) is 0 Å². The van der Waals surface area contributed by atoms with Crippen LogP contribution in [0.5, 0.6) is 0 Å². The van der Waals surface area contributed by atoms with Crippen LogP contribution in [0.1, 0.15) is 245 Å². The van der Waals surface area contributed by atoms with Gasteiger partial charge in [0.05, 0.1) is 25.2 Å². The molecule has 0 aliphatic rings. The van der Waals surface area contributed by atoms with E-state index in [0.29, 0.717) is 19.3 Å². The van der Waals surface area contributed by atoms with E-state index >= 15 is 0 Å². The van der Waals surface area contributed by atoms with E-state index in [0.717, 1.165) is 83.5 Å². The number of allylic oxidation sites excluding steroid dienone is 10. The van der Waals surface area contributed by atoms with Crippen LogP contribution in [-0.2, 0) is 14.3 Å². The number of carbonyl (C=O) groups is 2.